The Bertz CT molecular complexity index is 990. The number of hydrogen-bond acceptors (Lipinski definition) is 3. The number of nitrogens with one attached hydrogen (secondary N) is 1. The van der Waals surface area contributed by atoms with Crippen LogP contribution in [0.3, 0.4) is 0 Å². The van der Waals surface area contributed by atoms with Crippen LogP contribution in [0.4, 0.5) is 4.39 Å². The van der Waals surface area contributed by atoms with E-state index in [0.29, 0.717) is 35.2 Å². The minimum Gasteiger partial charge on any atom is -0.494 e. The molecule has 0 aliphatic rings. The molecule has 7 heteroatoms. The zero-order chi connectivity index (χ0) is 20.8. The summed E-state index contributed by atoms with van der Waals surface area (Å²) in [6.07, 6.45) is 4.16. The molecule has 0 aliphatic heterocycles. The van der Waals surface area contributed by atoms with Gasteiger partial charge in [-0.25, -0.2) is 9.37 Å². The highest BCUT2D eigenvalue weighted by atomic mass is 35.5. The number of benzene rings is 2. The van der Waals surface area contributed by atoms with E-state index in [1.807, 2.05) is 20.0 Å². The Morgan fingerprint density at radius 2 is 2.10 bits per heavy atom. The number of carbonyl (C=O) groups excluding carboxylic acids is 1. The lowest BCUT2D eigenvalue weighted by molar-refractivity contribution is -0.121. The maximum absolute atomic E-state index is 14.4. The average Bonchev–Trinajstić information content (AvgIpc) is 3.12. The summed E-state index contributed by atoms with van der Waals surface area (Å²) in [5.74, 6) is 0.695. The van der Waals surface area contributed by atoms with Crippen molar-refractivity contribution in [2.75, 3.05) is 6.61 Å². The van der Waals surface area contributed by atoms with Crippen LogP contribution in [-0.4, -0.2) is 22.1 Å². The van der Waals surface area contributed by atoms with Gasteiger partial charge in [0, 0.05) is 36.4 Å². The molecule has 3 rings (SSSR count). The maximum Gasteiger partial charge on any atom is 0.220 e. The molecule has 2 aromatic carbocycles. The molecule has 0 spiro atoms. The lowest BCUT2D eigenvalue weighted by Gasteiger charge is -2.19. The van der Waals surface area contributed by atoms with Crippen LogP contribution < -0.4 is 10.1 Å². The van der Waals surface area contributed by atoms with Crippen LogP contribution in [0.2, 0.25) is 5.02 Å². The van der Waals surface area contributed by atoms with E-state index >= 15 is 0 Å². The molecule has 3 aromatic rings. The third-order valence-corrected chi connectivity index (χ3v) is 5.01. The first kappa shape index (κ1) is 20.9. The first-order chi connectivity index (χ1) is 14.0. The SMILES string of the molecule is Cc1cc(OCCCC(=O)NC(c2ccccc2F)c2nccn2C)ccc1Cl. The van der Waals surface area contributed by atoms with Gasteiger partial charge in [0.05, 0.1) is 6.61 Å². The van der Waals surface area contributed by atoms with Crippen LogP contribution in [0, 0.1) is 12.7 Å². The Balaban J connectivity index is 1.59. The largest absolute Gasteiger partial charge is 0.494 e. The van der Waals surface area contributed by atoms with E-state index in [-0.39, 0.29) is 18.1 Å². The number of aryl methyl sites for hydroxylation is 2. The molecule has 0 saturated heterocycles. The van der Waals surface area contributed by atoms with Crippen molar-refractivity contribution < 1.29 is 13.9 Å². The van der Waals surface area contributed by atoms with Crippen molar-refractivity contribution in [2.24, 2.45) is 7.05 Å². The molecule has 1 aromatic heterocycles. The number of amides is 1. The number of carbonyl (C=O) groups is 1. The smallest absolute Gasteiger partial charge is 0.220 e. The van der Waals surface area contributed by atoms with E-state index in [1.165, 1.54) is 6.07 Å². The topological polar surface area (TPSA) is 56.1 Å². The van der Waals surface area contributed by atoms with E-state index in [1.54, 1.807) is 47.3 Å². The molecule has 0 radical (unpaired) electrons. The second-order valence-electron chi connectivity index (χ2n) is 6.78. The van der Waals surface area contributed by atoms with E-state index < -0.39 is 6.04 Å². The van der Waals surface area contributed by atoms with Crippen molar-refractivity contribution in [1.29, 1.82) is 0 Å². The fraction of sp³-hybridized carbons (Fsp3) is 0.273. The molecule has 1 unspecified atom stereocenters. The van der Waals surface area contributed by atoms with E-state index in [0.717, 1.165) is 5.56 Å². The van der Waals surface area contributed by atoms with Crippen molar-refractivity contribution in [3.63, 3.8) is 0 Å². The molecule has 5 nitrogen and oxygen atoms in total. The Morgan fingerprint density at radius 3 is 2.79 bits per heavy atom. The first-order valence-corrected chi connectivity index (χ1v) is 9.73. The second kappa shape index (κ2) is 9.56. The summed E-state index contributed by atoms with van der Waals surface area (Å²) in [5.41, 5.74) is 1.31. The standard InChI is InChI=1S/C22H23ClFN3O2/c1-15-14-16(9-10-18(15)23)29-13-5-8-20(28)26-21(22-25-11-12-27(22)2)17-6-3-4-7-19(17)24/h3-4,6-7,9-12,14,21H,5,8,13H2,1-2H3,(H,26,28). The zero-order valence-corrected chi connectivity index (χ0v) is 17.1. The third-order valence-electron chi connectivity index (χ3n) is 4.58. The molecule has 1 atom stereocenters. The van der Waals surface area contributed by atoms with Gasteiger partial charge in [-0.15, -0.1) is 0 Å². The second-order valence-corrected chi connectivity index (χ2v) is 7.19. The molecule has 1 amide bonds. The van der Waals surface area contributed by atoms with Gasteiger partial charge in [-0.3, -0.25) is 4.79 Å². The first-order valence-electron chi connectivity index (χ1n) is 9.35. The number of hydrogen-bond donors (Lipinski definition) is 1. The van der Waals surface area contributed by atoms with Gasteiger partial charge in [0.2, 0.25) is 5.91 Å². The van der Waals surface area contributed by atoms with Crippen molar-refractivity contribution in [3.05, 3.63) is 82.6 Å². The van der Waals surface area contributed by atoms with Gasteiger partial charge in [0.15, 0.2) is 0 Å². The number of nitrogens with zero attached hydrogens (tertiary/aromatic N) is 2. The Hall–Kier alpha value is -2.86. The molecule has 0 aliphatic carbocycles. The molecule has 1 N–H and O–H groups in total. The summed E-state index contributed by atoms with van der Waals surface area (Å²) in [6, 6.07) is 11.2. The van der Waals surface area contributed by atoms with Crippen molar-refractivity contribution in [2.45, 2.75) is 25.8 Å². The van der Waals surface area contributed by atoms with E-state index in [9.17, 15) is 9.18 Å². The van der Waals surface area contributed by atoms with Crippen LogP contribution in [0.25, 0.3) is 0 Å². The van der Waals surface area contributed by atoms with Gasteiger partial charge < -0.3 is 14.6 Å². The minimum atomic E-state index is -0.663. The maximum atomic E-state index is 14.4. The van der Waals surface area contributed by atoms with Crippen LogP contribution in [0.15, 0.2) is 54.9 Å². The average molecular weight is 416 g/mol. The monoisotopic (exact) mass is 415 g/mol. The Kier molecular flexibility index (Phi) is 6.88. The van der Waals surface area contributed by atoms with Gasteiger partial charge in [0.25, 0.3) is 0 Å². The lowest BCUT2D eigenvalue weighted by Crippen LogP contribution is -2.31. The molecule has 0 bridgehead atoms. The van der Waals surface area contributed by atoms with Gasteiger partial charge in [-0.05, 0) is 43.2 Å². The Morgan fingerprint density at radius 1 is 1.31 bits per heavy atom. The van der Waals surface area contributed by atoms with Gasteiger partial charge in [-0.1, -0.05) is 29.8 Å². The zero-order valence-electron chi connectivity index (χ0n) is 16.4. The molecular weight excluding hydrogens is 393 g/mol. The third kappa shape index (κ3) is 5.35. The predicted octanol–water partition coefficient (Wildman–Crippen LogP) is 4.59. The molecule has 0 saturated carbocycles. The fourth-order valence-corrected chi connectivity index (χ4v) is 3.13. The number of aromatic nitrogens is 2. The predicted molar refractivity (Wildman–Crippen MR) is 111 cm³/mol. The van der Waals surface area contributed by atoms with Crippen LogP contribution >= 0.6 is 11.6 Å². The normalized spacial score (nSPS) is 11.9. The van der Waals surface area contributed by atoms with Crippen LogP contribution in [0.5, 0.6) is 5.75 Å². The summed E-state index contributed by atoms with van der Waals surface area (Å²) in [7, 11) is 1.81. The summed E-state index contributed by atoms with van der Waals surface area (Å²) in [6.45, 7) is 2.30. The molecule has 29 heavy (non-hydrogen) atoms. The molecular formula is C22H23ClFN3O2. The quantitative estimate of drug-likeness (QED) is 0.547. The molecule has 1 heterocycles. The summed E-state index contributed by atoms with van der Waals surface area (Å²) in [4.78, 5) is 16.8. The minimum absolute atomic E-state index is 0.197. The highest BCUT2D eigenvalue weighted by molar-refractivity contribution is 6.31. The number of ether oxygens (including phenoxy) is 1. The summed E-state index contributed by atoms with van der Waals surface area (Å²) in [5, 5.41) is 3.58. The van der Waals surface area contributed by atoms with Gasteiger partial charge in [-0.2, -0.15) is 0 Å². The Labute approximate surface area is 174 Å². The summed E-state index contributed by atoms with van der Waals surface area (Å²) < 4.78 is 21.8. The van der Waals surface area contributed by atoms with E-state index in [2.05, 4.69) is 10.3 Å². The highest BCUT2D eigenvalue weighted by Crippen LogP contribution is 2.24. The van der Waals surface area contributed by atoms with E-state index in [4.69, 9.17) is 16.3 Å². The molecule has 152 valence electrons. The highest BCUT2D eigenvalue weighted by Gasteiger charge is 2.23. The van der Waals surface area contributed by atoms with Crippen molar-refractivity contribution in [1.82, 2.24) is 14.9 Å². The number of rotatable bonds is 8. The van der Waals surface area contributed by atoms with Gasteiger partial charge >= 0.3 is 0 Å². The van der Waals surface area contributed by atoms with Crippen LogP contribution in [-0.2, 0) is 11.8 Å². The van der Waals surface area contributed by atoms with Gasteiger partial charge in [0.1, 0.15) is 23.4 Å². The van der Waals surface area contributed by atoms with Crippen molar-refractivity contribution >= 4 is 17.5 Å². The van der Waals surface area contributed by atoms with Crippen molar-refractivity contribution in [3.8, 4) is 5.75 Å². The number of halogens is 2. The number of imidazole rings is 1. The lowest BCUT2D eigenvalue weighted by atomic mass is 10.0. The molecule has 0 fully saturated rings. The van der Waals surface area contributed by atoms with Crippen LogP contribution in [0.1, 0.15) is 35.8 Å². The fourth-order valence-electron chi connectivity index (χ4n) is 3.01. The summed E-state index contributed by atoms with van der Waals surface area (Å²) >= 11 is 6.00.